The normalized spacial score (nSPS) is 10.3. The number of para-hydroxylation sites is 1. The second-order valence-electron chi connectivity index (χ2n) is 4.51. The van der Waals surface area contributed by atoms with Crippen molar-refractivity contribution in [3.8, 4) is 16.9 Å². The van der Waals surface area contributed by atoms with Crippen LogP contribution in [0.5, 0.6) is 5.75 Å². The lowest BCUT2D eigenvalue weighted by Crippen LogP contribution is -1.98. The third-order valence-electron chi connectivity index (χ3n) is 3.08. The molecule has 1 nitrogen and oxygen atoms in total. The van der Waals surface area contributed by atoms with E-state index in [9.17, 15) is 0 Å². The molecule has 2 aromatic rings. The number of aryl methyl sites for hydroxylation is 1. The maximum atomic E-state index is 5.89. The summed E-state index contributed by atoms with van der Waals surface area (Å²) >= 11 is 0. The van der Waals surface area contributed by atoms with E-state index in [4.69, 9.17) is 4.74 Å². The van der Waals surface area contributed by atoms with Crippen LogP contribution in [0.15, 0.2) is 48.5 Å². The fourth-order valence-corrected chi connectivity index (χ4v) is 2.02. The third kappa shape index (κ3) is 2.92. The summed E-state index contributed by atoms with van der Waals surface area (Å²) in [7, 11) is 0. The minimum atomic E-state index is 0.791. The minimum absolute atomic E-state index is 0.791. The minimum Gasteiger partial charge on any atom is -0.493 e. The molecule has 0 N–H and O–H groups in total. The Labute approximate surface area is 109 Å². The van der Waals surface area contributed by atoms with E-state index in [1.807, 2.05) is 6.07 Å². The van der Waals surface area contributed by atoms with Gasteiger partial charge in [0, 0.05) is 5.56 Å². The van der Waals surface area contributed by atoms with Gasteiger partial charge in [0.2, 0.25) is 0 Å². The van der Waals surface area contributed by atoms with Gasteiger partial charge < -0.3 is 4.74 Å². The van der Waals surface area contributed by atoms with Crippen LogP contribution in [0.3, 0.4) is 0 Å². The molecule has 0 saturated heterocycles. The maximum Gasteiger partial charge on any atom is 0.127 e. The van der Waals surface area contributed by atoms with E-state index in [-0.39, 0.29) is 0 Å². The highest BCUT2D eigenvalue weighted by Crippen LogP contribution is 2.31. The van der Waals surface area contributed by atoms with Crippen LogP contribution in [0.1, 0.15) is 25.3 Å². The van der Waals surface area contributed by atoms with Crippen molar-refractivity contribution in [2.75, 3.05) is 6.61 Å². The van der Waals surface area contributed by atoms with E-state index >= 15 is 0 Å². The molecule has 0 saturated carbocycles. The summed E-state index contributed by atoms with van der Waals surface area (Å²) in [6, 6.07) is 16.7. The van der Waals surface area contributed by atoms with Crippen molar-refractivity contribution in [3.05, 3.63) is 54.1 Å². The highest BCUT2D eigenvalue weighted by atomic mass is 16.5. The number of hydrogen-bond acceptors (Lipinski definition) is 1. The molecule has 18 heavy (non-hydrogen) atoms. The fraction of sp³-hybridized carbons (Fsp3) is 0.294. The van der Waals surface area contributed by atoms with Crippen LogP contribution in [0.25, 0.3) is 11.1 Å². The molecule has 2 aromatic carbocycles. The molecule has 0 amide bonds. The van der Waals surface area contributed by atoms with Crippen LogP contribution < -0.4 is 4.74 Å². The van der Waals surface area contributed by atoms with Crippen molar-refractivity contribution in [2.24, 2.45) is 0 Å². The monoisotopic (exact) mass is 240 g/mol. The van der Waals surface area contributed by atoms with E-state index in [0.717, 1.165) is 25.2 Å². The van der Waals surface area contributed by atoms with Gasteiger partial charge in [-0.25, -0.2) is 0 Å². The molecule has 0 bridgehead atoms. The Morgan fingerprint density at radius 1 is 0.889 bits per heavy atom. The summed E-state index contributed by atoms with van der Waals surface area (Å²) in [5.41, 5.74) is 3.72. The Morgan fingerprint density at radius 3 is 2.28 bits per heavy atom. The summed E-state index contributed by atoms with van der Waals surface area (Å²) in [5, 5.41) is 0. The van der Waals surface area contributed by atoms with E-state index in [0.29, 0.717) is 0 Å². The molecule has 0 spiro atoms. The van der Waals surface area contributed by atoms with E-state index < -0.39 is 0 Å². The topological polar surface area (TPSA) is 9.23 Å². The average molecular weight is 240 g/mol. The van der Waals surface area contributed by atoms with Crippen molar-refractivity contribution in [3.63, 3.8) is 0 Å². The van der Waals surface area contributed by atoms with Crippen molar-refractivity contribution < 1.29 is 4.74 Å². The highest BCUT2D eigenvalue weighted by Gasteiger charge is 2.07. The Hall–Kier alpha value is -1.76. The van der Waals surface area contributed by atoms with Gasteiger partial charge >= 0.3 is 0 Å². The van der Waals surface area contributed by atoms with Crippen LogP contribution in [-0.4, -0.2) is 6.61 Å². The van der Waals surface area contributed by atoms with Crippen molar-refractivity contribution in [2.45, 2.75) is 26.7 Å². The second kappa shape index (κ2) is 6.25. The maximum absolute atomic E-state index is 5.89. The van der Waals surface area contributed by atoms with Gasteiger partial charge in [-0.2, -0.15) is 0 Å². The van der Waals surface area contributed by atoms with Crippen molar-refractivity contribution in [1.29, 1.82) is 0 Å². The molecule has 94 valence electrons. The summed E-state index contributed by atoms with van der Waals surface area (Å²) in [5.74, 6) is 0.986. The van der Waals surface area contributed by atoms with Gasteiger partial charge in [-0.05, 0) is 30.5 Å². The first kappa shape index (κ1) is 12.7. The summed E-state index contributed by atoms with van der Waals surface area (Å²) in [6.07, 6.45) is 2.26. The predicted molar refractivity (Wildman–Crippen MR) is 77.0 cm³/mol. The SMILES string of the molecule is CCCCOc1ccccc1-c1ccccc1C. The third-order valence-corrected chi connectivity index (χ3v) is 3.08. The molecule has 1 heteroatoms. The van der Waals surface area contributed by atoms with Crippen LogP contribution in [0, 0.1) is 6.92 Å². The quantitative estimate of drug-likeness (QED) is 0.679. The molecule has 0 aliphatic rings. The number of hydrogen-bond donors (Lipinski definition) is 0. The number of unbranched alkanes of at least 4 members (excludes halogenated alkanes) is 1. The number of rotatable bonds is 5. The van der Waals surface area contributed by atoms with E-state index in [2.05, 4.69) is 56.3 Å². The number of ether oxygens (including phenoxy) is 1. The Morgan fingerprint density at radius 2 is 1.56 bits per heavy atom. The Kier molecular flexibility index (Phi) is 4.40. The zero-order valence-electron chi connectivity index (χ0n) is 11.1. The lowest BCUT2D eigenvalue weighted by atomic mass is 10.00. The zero-order valence-corrected chi connectivity index (χ0v) is 11.1. The molecule has 0 aliphatic carbocycles. The summed E-state index contributed by atoms with van der Waals surface area (Å²) in [4.78, 5) is 0. The molecule has 0 aromatic heterocycles. The molecular weight excluding hydrogens is 220 g/mol. The highest BCUT2D eigenvalue weighted by molar-refractivity contribution is 5.73. The molecule has 0 aliphatic heterocycles. The fourth-order valence-electron chi connectivity index (χ4n) is 2.02. The van der Waals surface area contributed by atoms with Crippen LogP contribution >= 0.6 is 0 Å². The van der Waals surface area contributed by atoms with Gasteiger partial charge in [-0.15, -0.1) is 0 Å². The lowest BCUT2D eigenvalue weighted by Gasteiger charge is -2.13. The second-order valence-corrected chi connectivity index (χ2v) is 4.51. The van der Waals surface area contributed by atoms with E-state index in [1.165, 1.54) is 16.7 Å². The van der Waals surface area contributed by atoms with Gasteiger partial charge in [0.05, 0.1) is 6.61 Å². The Bertz CT molecular complexity index is 502. The molecule has 0 radical (unpaired) electrons. The van der Waals surface area contributed by atoms with E-state index in [1.54, 1.807) is 0 Å². The average Bonchev–Trinajstić information content (AvgIpc) is 2.40. The van der Waals surface area contributed by atoms with Crippen molar-refractivity contribution >= 4 is 0 Å². The largest absolute Gasteiger partial charge is 0.493 e. The van der Waals surface area contributed by atoms with Gasteiger partial charge in [-0.1, -0.05) is 55.8 Å². The standard InChI is InChI=1S/C17H20O/c1-3-4-13-18-17-12-8-7-11-16(17)15-10-6-5-9-14(15)2/h5-12H,3-4,13H2,1-2H3. The first-order valence-corrected chi connectivity index (χ1v) is 6.60. The van der Waals surface area contributed by atoms with Crippen LogP contribution in [-0.2, 0) is 0 Å². The molecule has 0 fully saturated rings. The predicted octanol–water partition coefficient (Wildman–Crippen LogP) is 4.84. The molecule has 0 atom stereocenters. The molecule has 0 heterocycles. The lowest BCUT2D eigenvalue weighted by molar-refractivity contribution is 0.310. The first-order valence-electron chi connectivity index (χ1n) is 6.60. The van der Waals surface area contributed by atoms with Gasteiger partial charge in [-0.3, -0.25) is 0 Å². The smallest absolute Gasteiger partial charge is 0.127 e. The van der Waals surface area contributed by atoms with Crippen LogP contribution in [0.4, 0.5) is 0 Å². The summed E-state index contributed by atoms with van der Waals surface area (Å²) < 4.78 is 5.89. The number of benzene rings is 2. The van der Waals surface area contributed by atoms with Gasteiger partial charge in [0.25, 0.3) is 0 Å². The van der Waals surface area contributed by atoms with Crippen molar-refractivity contribution in [1.82, 2.24) is 0 Å². The molecule has 2 rings (SSSR count). The Balaban J connectivity index is 2.30. The zero-order chi connectivity index (χ0) is 12.8. The van der Waals surface area contributed by atoms with Gasteiger partial charge in [0.15, 0.2) is 0 Å². The molecule has 0 unspecified atom stereocenters. The first-order chi connectivity index (χ1) is 8.83. The molecular formula is C17H20O. The van der Waals surface area contributed by atoms with Gasteiger partial charge in [0.1, 0.15) is 5.75 Å². The van der Waals surface area contributed by atoms with Crippen LogP contribution in [0.2, 0.25) is 0 Å². The summed E-state index contributed by atoms with van der Waals surface area (Å²) in [6.45, 7) is 5.11.